The van der Waals surface area contributed by atoms with Crippen LogP contribution in [0.4, 0.5) is 16.2 Å². The highest BCUT2D eigenvalue weighted by Crippen LogP contribution is 2.33. The molecule has 1 heterocycles. The van der Waals surface area contributed by atoms with E-state index < -0.39 is 10.5 Å². The van der Waals surface area contributed by atoms with Gasteiger partial charge < -0.3 is 19.3 Å². The molecule has 0 N–H and O–H groups in total. The molecule has 8 nitrogen and oxygen atoms in total. The summed E-state index contributed by atoms with van der Waals surface area (Å²) in [6.45, 7) is 11.5. The van der Waals surface area contributed by atoms with E-state index in [0.717, 1.165) is 5.69 Å². The van der Waals surface area contributed by atoms with Crippen LogP contribution in [0, 0.1) is 16.0 Å². The van der Waals surface area contributed by atoms with Gasteiger partial charge in [0.1, 0.15) is 5.60 Å². The van der Waals surface area contributed by atoms with E-state index in [0.29, 0.717) is 19.6 Å². The first-order valence-electron chi connectivity index (χ1n) is 9.10. The van der Waals surface area contributed by atoms with Crippen molar-refractivity contribution in [2.24, 2.45) is 5.92 Å². The van der Waals surface area contributed by atoms with Crippen molar-refractivity contribution in [2.75, 3.05) is 31.6 Å². The summed E-state index contributed by atoms with van der Waals surface area (Å²) in [4.78, 5) is 27.1. The van der Waals surface area contributed by atoms with Crippen LogP contribution in [0.2, 0.25) is 0 Å². The maximum absolute atomic E-state index is 12.6. The molecule has 1 saturated heterocycles. The fourth-order valence-electron chi connectivity index (χ4n) is 3.18. The first-order chi connectivity index (χ1) is 12.5. The van der Waals surface area contributed by atoms with Crippen LogP contribution in [-0.4, -0.2) is 54.3 Å². The number of nitro benzene ring substituents is 1. The minimum Gasteiger partial charge on any atom is -0.490 e. The lowest BCUT2D eigenvalue weighted by molar-refractivity contribution is -0.385. The predicted octanol–water partition coefficient (Wildman–Crippen LogP) is 3.69. The Morgan fingerprint density at radius 1 is 1.30 bits per heavy atom. The van der Waals surface area contributed by atoms with E-state index in [1.807, 2.05) is 20.8 Å². The summed E-state index contributed by atoms with van der Waals surface area (Å²) < 4.78 is 10.7. The van der Waals surface area contributed by atoms with Crippen molar-refractivity contribution in [2.45, 2.75) is 46.3 Å². The molecule has 27 heavy (non-hydrogen) atoms. The average Bonchev–Trinajstić information content (AvgIpc) is 2.58. The van der Waals surface area contributed by atoms with E-state index in [1.165, 1.54) is 13.2 Å². The van der Waals surface area contributed by atoms with Gasteiger partial charge in [-0.3, -0.25) is 10.1 Å². The zero-order valence-electron chi connectivity index (χ0n) is 16.9. The van der Waals surface area contributed by atoms with Gasteiger partial charge in [-0.2, -0.15) is 0 Å². The van der Waals surface area contributed by atoms with Crippen LogP contribution in [0.15, 0.2) is 18.2 Å². The summed E-state index contributed by atoms with van der Waals surface area (Å²) >= 11 is 0. The highest BCUT2D eigenvalue weighted by atomic mass is 16.6. The van der Waals surface area contributed by atoms with Crippen molar-refractivity contribution in [1.82, 2.24) is 4.90 Å². The zero-order chi connectivity index (χ0) is 20.4. The first-order valence-corrected chi connectivity index (χ1v) is 9.10. The number of nitro groups is 1. The Morgan fingerprint density at radius 3 is 2.48 bits per heavy atom. The molecule has 2 rings (SSSR count). The SMILES string of the molecule is COc1cc(N2CCN(C(=O)OC(C)(C)C)[C@@H](C(C)C)C2)ccc1[N+](=O)[O-]. The first kappa shape index (κ1) is 20.8. The monoisotopic (exact) mass is 379 g/mol. The van der Waals surface area contributed by atoms with Crippen LogP contribution < -0.4 is 9.64 Å². The van der Waals surface area contributed by atoms with Crippen LogP contribution in [0.5, 0.6) is 5.75 Å². The van der Waals surface area contributed by atoms with E-state index >= 15 is 0 Å². The van der Waals surface area contributed by atoms with Crippen molar-refractivity contribution >= 4 is 17.5 Å². The van der Waals surface area contributed by atoms with E-state index in [4.69, 9.17) is 9.47 Å². The number of hydrogen-bond acceptors (Lipinski definition) is 6. The standard InChI is InChI=1S/C19H29N3O5/c1-13(2)16-12-20(9-10-21(16)18(23)27-19(3,4)5)14-7-8-15(22(24)25)17(11-14)26-6/h7-8,11,13,16H,9-10,12H2,1-6H3/t16-/m1/s1. The maximum atomic E-state index is 12.6. The van der Waals surface area contributed by atoms with Crippen LogP contribution in [0.25, 0.3) is 0 Å². The van der Waals surface area contributed by atoms with Gasteiger partial charge in [0, 0.05) is 37.5 Å². The number of nitrogens with zero attached hydrogens (tertiary/aromatic N) is 3. The molecule has 0 radical (unpaired) electrons. The second kappa shape index (κ2) is 8.02. The number of rotatable bonds is 4. The van der Waals surface area contributed by atoms with Crippen LogP contribution in [0.1, 0.15) is 34.6 Å². The van der Waals surface area contributed by atoms with E-state index in [9.17, 15) is 14.9 Å². The van der Waals surface area contributed by atoms with E-state index in [1.54, 1.807) is 17.0 Å². The van der Waals surface area contributed by atoms with Gasteiger partial charge >= 0.3 is 11.8 Å². The van der Waals surface area contributed by atoms with Crippen molar-refractivity contribution in [3.63, 3.8) is 0 Å². The van der Waals surface area contributed by atoms with Gasteiger partial charge in [-0.05, 0) is 32.8 Å². The minimum atomic E-state index is -0.540. The summed E-state index contributed by atoms with van der Waals surface area (Å²) in [5.74, 6) is 0.466. The fourth-order valence-corrected chi connectivity index (χ4v) is 3.18. The second-order valence-electron chi connectivity index (χ2n) is 8.04. The third-order valence-corrected chi connectivity index (χ3v) is 4.54. The summed E-state index contributed by atoms with van der Waals surface area (Å²) in [6.07, 6.45) is -0.304. The molecule has 0 aliphatic carbocycles. The maximum Gasteiger partial charge on any atom is 0.410 e. The Hall–Kier alpha value is -2.51. The number of benzene rings is 1. The average molecular weight is 379 g/mol. The molecule has 1 atom stereocenters. The molecule has 1 aromatic carbocycles. The lowest BCUT2D eigenvalue weighted by Gasteiger charge is -2.44. The number of amides is 1. The minimum absolute atomic E-state index is 0.0187. The number of carbonyl (C=O) groups excluding carboxylic acids is 1. The number of methoxy groups -OCH3 is 1. The predicted molar refractivity (Wildman–Crippen MR) is 103 cm³/mol. The van der Waals surface area contributed by atoms with Gasteiger partial charge in [0.15, 0.2) is 5.75 Å². The Labute approximate surface area is 160 Å². The zero-order valence-corrected chi connectivity index (χ0v) is 16.9. The molecule has 8 heteroatoms. The molecule has 150 valence electrons. The second-order valence-corrected chi connectivity index (χ2v) is 8.04. The summed E-state index contributed by atoms with van der Waals surface area (Å²) in [5, 5.41) is 11.1. The highest BCUT2D eigenvalue weighted by Gasteiger charge is 2.35. The molecule has 0 aromatic heterocycles. The van der Waals surface area contributed by atoms with Gasteiger partial charge in [-0.15, -0.1) is 0 Å². The van der Waals surface area contributed by atoms with Gasteiger partial charge in [-0.25, -0.2) is 4.79 Å². The molecule has 0 spiro atoms. The Morgan fingerprint density at radius 2 is 1.96 bits per heavy atom. The van der Waals surface area contributed by atoms with Crippen molar-refractivity contribution in [1.29, 1.82) is 0 Å². The largest absolute Gasteiger partial charge is 0.490 e. The van der Waals surface area contributed by atoms with E-state index in [2.05, 4.69) is 18.7 Å². The van der Waals surface area contributed by atoms with Gasteiger partial charge in [-0.1, -0.05) is 13.8 Å². The number of anilines is 1. The molecule has 0 saturated carbocycles. The molecule has 1 fully saturated rings. The lowest BCUT2D eigenvalue weighted by Crippen LogP contribution is -2.58. The van der Waals surface area contributed by atoms with Crippen molar-refractivity contribution in [3.05, 3.63) is 28.3 Å². The van der Waals surface area contributed by atoms with Gasteiger partial charge in [0.05, 0.1) is 18.1 Å². The smallest absolute Gasteiger partial charge is 0.410 e. The summed E-state index contributed by atoms with van der Waals surface area (Å²) in [7, 11) is 1.42. The van der Waals surface area contributed by atoms with Crippen LogP contribution >= 0.6 is 0 Å². The van der Waals surface area contributed by atoms with Crippen LogP contribution in [0.3, 0.4) is 0 Å². The summed E-state index contributed by atoms with van der Waals surface area (Å²) in [6, 6.07) is 4.84. The molecule has 1 aromatic rings. The topological polar surface area (TPSA) is 85.2 Å². The Kier molecular flexibility index (Phi) is 6.18. The fraction of sp³-hybridized carbons (Fsp3) is 0.632. The number of piperazine rings is 1. The molecule has 1 aliphatic rings. The summed E-state index contributed by atoms with van der Waals surface area (Å²) in [5.41, 5.74) is 0.238. The number of hydrogen-bond donors (Lipinski definition) is 0. The van der Waals surface area contributed by atoms with Crippen molar-refractivity contribution < 1.29 is 19.2 Å². The number of ether oxygens (including phenoxy) is 2. The number of carbonyl (C=O) groups is 1. The molecular formula is C19H29N3O5. The lowest BCUT2D eigenvalue weighted by atomic mass is 9.99. The molecular weight excluding hydrogens is 350 g/mol. The normalized spacial score (nSPS) is 17.8. The van der Waals surface area contributed by atoms with Gasteiger partial charge in [0.25, 0.3) is 0 Å². The van der Waals surface area contributed by atoms with Gasteiger partial charge in [0.2, 0.25) is 0 Å². The molecule has 1 amide bonds. The highest BCUT2D eigenvalue weighted by molar-refractivity contribution is 5.69. The molecule has 0 bridgehead atoms. The third kappa shape index (κ3) is 5.02. The molecule has 1 aliphatic heterocycles. The van der Waals surface area contributed by atoms with E-state index in [-0.39, 0.29) is 29.5 Å². The molecule has 0 unspecified atom stereocenters. The Balaban J connectivity index is 2.21. The Bertz CT molecular complexity index is 699. The van der Waals surface area contributed by atoms with Crippen LogP contribution in [-0.2, 0) is 4.74 Å². The third-order valence-electron chi connectivity index (χ3n) is 4.54. The van der Waals surface area contributed by atoms with Crippen molar-refractivity contribution in [3.8, 4) is 5.75 Å². The quantitative estimate of drug-likeness (QED) is 0.586.